The quantitative estimate of drug-likeness (QED) is 0.647. The predicted octanol–water partition coefficient (Wildman–Crippen LogP) is 2.97. The molecule has 0 aliphatic rings. The molecule has 0 N–H and O–H groups in total. The number of hydrogen-bond donors (Lipinski definition) is 0. The lowest BCUT2D eigenvalue weighted by Crippen LogP contribution is -2.71. The van der Waals surface area contributed by atoms with Crippen molar-refractivity contribution in [2.45, 2.75) is 26.2 Å². The van der Waals surface area contributed by atoms with Crippen LogP contribution in [0.2, 0.25) is 26.2 Å². The molecule has 0 saturated carbocycles. The van der Waals surface area contributed by atoms with E-state index < -0.39 is 25.7 Å². The van der Waals surface area contributed by atoms with E-state index in [-0.39, 0.29) is 0 Å². The van der Waals surface area contributed by atoms with Gasteiger partial charge < -0.3 is 17.1 Å². The van der Waals surface area contributed by atoms with Crippen molar-refractivity contribution in [1.82, 2.24) is 0 Å². The van der Waals surface area contributed by atoms with E-state index in [0.717, 1.165) is 10.4 Å². The van der Waals surface area contributed by atoms with Crippen molar-refractivity contribution in [2.75, 3.05) is 14.2 Å². The van der Waals surface area contributed by atoms with Crippen LogP contribution in [0.1, 0.15) is 0 Å². The first-order valence-corrected chi connectivity index (χ1v) is 15.8. The van der Waals surface area contributed by atoms with E-state index in [2.05, 4.69) is 43.9 Å². The molecule has 0 heterocycles. The molecule has 0 aromatic heterocycles. The minimum Gasteiger partial charge on any atom is -0.430 e. The summed E-state index contributed by atoms with van der Waals surface area (Å²) in [5.41, 5.74) is 0. The highest BCUT2D eigenvalue weighted by Gasteiger charge is 2.52. The monoisotopic (exact) mass is 392 g/mol. The van der Waals surface area contributed by atoms with Gasteiger partial charge in [-0.05, 0) is 30.0 Å². The fourth-order valence-corrected chi connectivity index (χ4v) is 13.0. The summed E-state index contributed by atoms with van der Waals surface area (Å²) in [4.78, 5) is 0. The van der Waals surface area contributed by atoms with Gasteiger partial charge in [0.1, 0.15) is 0 Å². The van der Waals surface area contributed by atoms with Crippen LogP contribution in [0.15, 0.2) is 60.7 Å². The van der Waals surface area contributed by atoms with Crippen LogP contribution in [0.5, 0.6) is 0 Å². The van der Waals surface area contributed by atoms with Crippen LogP contribution in [-0.4, -0.2) is 39.9 Å². The summed E-state index contributed by atoms with van der Waals surface area (Å²) < 4.78 is 24.9. The second-order valence-corrected chi connectivity index (χ2v) is 17.7. The number of benzene rings is 2. The van der Waals surface area contributed by atoms with Crippen LogP contribution >= 0.6 is 0 Å². The minimum atomic E-state index is -2.99. The molecular weight excluding hydrogens is 364 g/mol. The summed E-state index contributed by atoms with van der Waals surface area (Å²) in [6.07, 6.45) is 0. The second-order valence-electron chi connectivity index (χ2n) is 6.94. The van der Waals surface area contributed by atoms with Crippen molar-refractivity contribution in [3.8, 4) is 0 Å². The van der Waals surface area contributed by atoms with Crippen LogP contribution < -0.4 is 10.4 Å². The zero-order valence-electron chi connectivity index (χ0n) is 15.9. The van der Waals surface area contributed by atoms with Gasteiger partial charge in [0.25, 0.3) is 0 Å². The standard InChI is InChI=1S/C18H28O4Si3/c1-19-24(6,20-2)22-25(21-23(3,4)5,17-13-9-7-10-14-17)18-15-11-8-12-16-18/h7-16H,1-6H3. The highest BCUT2D eigenvalue weighted by Crippen LogP contribution is 2.22. The van der Waals surface area contributed by atoms with Gasteiger partial charge in [-0.2, -0.15) is 0 Å². The molecule has 2 aromatic carbocycles. The van der Waals surface area contributed by atoms with Crippen molar-refractivity contribution in [2.24, 2.45) is 0 Å². The van der Waals surface area contributed by atoms with Gasteiger partial charge in [-0.3, -0.25) is 0 Å². The fourth-order valence-electron chi connectivity index (χ4n) is 2.60. The van der Waals surface area contributed by atoms with Crippen molar-refractivity contribution in [1.29, 1.82) is 0 Å². The Morgan fingerprint density at radius 3 is 1.32 bits per heavy atom. The normalized spacial score (nSPS) is 13.0. The molecule has 25 heavy (non-hydrogen) atoms. The summed E-state index contributed by atoms with van der Waals surface area (Å²) in [5.74, 6) is 0. The maximum atomic E-state index is 6.83. The van der Waals surface area contributed by atoms with Gasteiger partial charge in [0.15, 0.2) is 8.32 Å². The molecule has 0 unspecified atom stereocenters. The Hall–Kier alpha value is -1.07. The first kappa shape index (κ1) is 20.2. The average molecular weight is 393 g/mol. The first-order chi connectivity index (χ1) is 11.7. The van der Waals surface area contributed by atoms with Crippen LogP contribution in [0.25, 0.3) is 0 Å². The summed E-state index contributed by atoms with van der Waals surface area (Å²) in [6, 6.07) is 20.4. The fraction of sp³-hybridized carbons (Fsp3) is 0.333. The zero-order chi connectivity index (χ0) is 18.6. The van der Waals surface area contributed by atoms with E-state index in [0.29, 0.717) is 0 Å². The molecule has 0 aliphatic carbocycles. The van der Waals surface area contributed by atoms with E-state index in [4.69, 9.17) is 17.1 Å². The summed E-state index contributed by atoms with van der Waals surface area (Å²) in [6.45, 7) is 8.46. The smallest absolute Gasteiger partial charge is 0.430 e. The van der Waals surface area contributed by atoms with Crippen molar-refractivity contribution >= 4 is 36.1 Å². The van der Waals surface area contributed by atoms with E-state index in [1.807, 2.05) is 42.9 Å². The van der Waals surface area contributed by atoms with Crippen LogP contribution in [0, 0.1) is 0 Å². The SMILES string of the molecule is CO[Si](C)(OC)O[Si](O[Si](C)(C)C)(c1ccccc1)c1ccccc1. The summed E-state index contributed by atoms with van der Waals surface area (Å²) in [7, 11) is -4.49. The molecule has 0 radical (unpaired) electrons. The molecule has 0 aliphatic heterocycles. The Balaban J connectivity index is 2.69. The molecule has 0 amide bonds. The maximum Gasteiger partial charge on any atom is 0.488 e. The summed E-state index contributed by atoms with van der Waals surface area (Å²) >= 11 is 0. The summed E-state index contributed by atoms with van der Waals surface area (Å²) in [5, 5.41) is 2.13. The Labute approximate surface area is 154 Å². The van der Waals surface area contributed by atoms with Gasteiger partial charge in [0.2, 0.25) is 0 Å². The third-order valence-electron chi connectivity index (χ3n) is 3.83. The van der Waals surface area contributed by atoms with Crippen molar-refractivity contribution < 1.29 is 17.1 Å². The molecule has 0 saturated heterocycles. The van der Waals surface area contributed by atoms with Gasteiger partial charge in [0.05, 0.1) is 0 Å². The molecule has 0 bridgehead atoms. The molecule has 7 heteroatoms. The molecule has 136 valence electrons. The third-order valence-corrected chi connectivity index (χ3v) is 13.7. The van der Waals surface area contributed by atoms with Gasteiger partial charge in [-0.1, -0.05) is 60.7 Å². The Bertz CT molecular complexity index is 616. The number of hydrogen-bond acceptors (Lipinski definition) is 4. The molecule has 2 rings (SSSR count). The Morgan fingerprint density at radius 1 is 0.600 bits per heavy atom. The second kappa shape index (κ2) is 8.09. The van der Waals surface area contributed by atoms with Crippen molar-refractivity contribution in [3.63, 3.8) is 0 Å². The lowest BCUT2D eigenvalue weighted by Gasteiger charge is -2.41. The lowest BCUT2D eigenvalue weighted by molar-refractivity contribution is 0.157. The molecule has 0 atom stereocenters. The minimum absolute atomic E-state index is 1.07. The Kier molecular flexibility index (Phi) is 6.55. The third kappa shape index (κ3) is 4.98. The highest BCUT2D eigenvalue weighted by molar-refractivity contribution is 7.01. The predicted molar refractivity (Wildman–Crippen MR) is 109 cm³/mol. The first-order valence-electron chi connectivity index (χ1n) is 8.36. The van der Waals surface area contributed by atoms with E-state index in [1.165, 1.54) is 0 Å². The van der Waals surface area contributed by atoms with Crippen LogP contribution in [0.4, 0.5) is 0 Å². The zero-order valence-corrected chi connectivity index (χ0v) is 18.9. The molecule has 4 nitrogen and oxygen atoms in total. The highest BCUT2D eigenvalue weighted by atomic mass is 28.5. The largest absolute Gasteiger partial charge is 0.488 e. The van der Waals surface area contributed by atoms with Crippen molar-refractivity contribution in [3.05, 3.63) is 60.7 Å². The maximum absolute atomic E-state index is 6.83. The molecule has 2 aromatic rings. The van der Waals surface area contributed by atoms with Gasteiger partial charge in [-0.15, -0.1) is 0 Å². The van der Waals surface area contributed by atoms with Crippen LogP contribution in [-0.2, 0) is 17.1 Å². The van der Waals surface area contributed by atoms with E-state index >= 15 is 0 Å². The van der Waals surface area contributed by atoms with Gasteiger partial charge >= 0.3 is 17.4 Å². The van der Waals surface area contributed by atoms with Crippen LogP contribution in [0.3, 0.4) is 0 Å². The lowest BCUT2D eigenvalue weighted by atomic mass is 10.4. The molecule has 0 spiro atoms. The number of rotatable bonds is 8. The Morgan fingerprint density at radius 2 is 1.00 bits per heavy atom. The van der Waals surface area contributed by atoms with Gasteiger partial charge in [0, 0.05) is 20.8 Å². The topological polar surface area (TPSA) is 36.9 Å². The van der Waals surface area contributed by atoms with Gasteiger partial charge in [-0.25, -0.2) is 0 Å². The molecular formula is C18H28O4Si3. The average Bonchev–Trinajstić information content (AvgIpc) is 2.61. The molecule has 0 fully saturated rings. The van der Waals surface area contributed by atoms with E-state index in [1.54, 1.807) is 14.2 Å². The van der Waals surface area contributed by atoms with E-state index in [9.17, 15) is 0 Å².